The molecule has 0 saturated carbocycles. The van der Waals surface area contributed by atoms with Crippen LogP contribution in [0, 0.1) is 0 Å². The molecule has 2 heteroatoms. The largest absolute Gasteiger partial charge is 0.430 e. The van der Waals surface area contributed by atoms with Crippen molar-refractivity contribution in [1.82, 2.24) is 0 Å². The number of unbranched alkanes of at least 4 members (excludes halogenated alkanes) is 1. The van der Waals surface area contributed by atoms with Crippen molar-refractivity contribution in [2.45, 2.75) is 51.4 Å². The average molecular weight is 308 g/mol. The molecule has 1 atom stereocenters. The standard InChI is InChI=1S/C21H24O2/c1-2-3-14-18-20(17-12-8-5-9-13-17)19(15-23-21(18)22)16-10-6-4-7-11-16/h4,6-8,10-12,15,17H,2-3,5,9,13-14H2,1H3. The molecule has 0 bridgehead atoms. The van der Waals surface area contributed by atoms with Gasteiger partial charge in [-0.2, -0.15) is 0 Å². The molecule has 1 aliphatic rings. The molecule has 1 heterocycles. The van der Waals surface area contributed by atoms with Crippen molar-refractivity contribution < 1.29 is 4.42 Å². The van der Waals surface area contributed by atoms with Crippen LogP contribution in [0.1, 0.15) is 56.1 Å². The first-order chi connectivity index (χ1) is 11.3. The van der Waals surface area contributed by atoms with Crippen molar-refractivity contribution in [2.24, 2.45) is 0 Å². The molecule has 3 rings (SSSR count). The van der Waals surface area contributed by atoms with Crippen LogP contribution in [0.2, 0.25) is 0 Å². The molecule has 1 aromatic heterocycles. The van der Waals surface area contributed by atoms with Gasteiger partial charge in [-0.3, -0.25) is 0 Å². The van der Waals surface area contributed by atoms with E-state index in [4.69, 9.17) is 4.42 Å². The second-order valence-electron chi connectivity index (χ2n) is 6.26. The first kappa shape index (κ1) is 15.8. The minimum absolute atomic E-state index is 0.160. The molecule has 0 fully saturated rings. The molecule has 0 amide bonds. The van der Waals surface area contributed by atoms with Crippen LogP contribution in [0.3, 0.4) is 0 Å². The van der Waals surface area contributed by atoms with Gasteiger partial charge in [0.15, 0.2) is 0 Å². The summed E-state index contributed by atoms with van der Waals surface area (Å²) < 4.78 is 5.39. The molecular formula is C21H24O2. The van der Waals surface area contributed by atoms with Crippen molar-refractivity contribution in [2.75, 3.05) is 0 Å². The summed E-state index contributed by atoms with van der Waals surface area (Å²) in [4.78, 5) is 12.4. The Morgan fingerprint density at radius 2 is 2.04 bits per heavy atom. The highest BCUT2D eigenvalue weighted by molar-refractivity contribution is 5.68. The maximum absolute atomic E-state index is 12.4. The average Bonchev–Trinajstić information content (AvgIpc) is 2.62. The van der Waals surface area contributed by atoms with Gasteiger partial charge < -0.3 is 4.42 Å². The third kappa shape index (κ3) is 3.47. The smallest absolute Gasteiger partial charge is 0.339 e. The Labute approximate surface area is 137 Å². The molecule has 23 heavy (non-hydrogen) atoms. The summed E-state index contributed by atoms with van der Waals surface area (Å²) in [5.41, 5.74) is 4.12. The normalized spacial score (nSPS) is 17.3. The summed E-state index contributed by atoms with van der Waals surface area (Å²) >= 11 is 0. The van der Waals surface area contributed by atoms with Gasteiger partial charge in [-0.1, -0.05) is 55.8 Å². The Morgan fingerprint density at radius 1 is 1.22 bits per heavy atom. The fraction of sp³-hybridized carbons (Fsp3) is 0.381. The van der Waals surface area contributed by atoms with Gasteiger partial charge in [0.1, 0.15) is 6.26 Å². The first-order valence-corrected chi connectivity index (χ1v) is 8.68. The van der Waals surface area contributed by atoms with Crippen LogP contribution in [0.4, 0.5) is 0 Å². The highest BCUT2D eigenvalue weighted by Gasteiger charge is 2.22. The van der Waals surface area contributed by atoms with Gasteiger partial charge in [0, 0.05) is 17.0 Å². The highest BCUT2D eigenvalue weighted by atomic mass is 16.4. The molecule has 0 N–H and O–H groups in total. The first-order valence-electron chi connectivity index (χ1n) is 8.68. The summed E-state index contributed by atoms with van der Waals surface area (Å²) in [5, 5.41) is 0. The van der Waals surface area contributed by atoms with E-state index in [0.29, 0.717) is 5.92 Å². The lowest BCUT2D eigenvalue weighted by Gasteiger charge is -2.22. The van der Waals surface area contributed by atoms with E-state index in [-0.39, 0.29) is 5.63 Å². The Balaban J connectivity index is 2.16. The predicted octanol–water partition coefficient (Wildman–Crippen LogP) is 5.47. The lowest BCUT2D eigenvalue weighted by molar-refractivity contribution is 0.494. The minimum Gasteiger partial charge on any atom is -0.430 e. The van der Waals surface area contributed by atoms with Crippen molar-refractivity contribution >= 4 is 0 Å². The summed E-state index contributed by atoms with van der Waals surface area (Å²) in [6.45, 7) is 2.16. The maximum atomic E-state index is 12.4. The Morgan fingerprint density at radius 3 is 2.74 bits per heavy atom. The lowest BCUT2D eigenvalue weighted by Crippen LogP contribution is -2.15. The number of benzene rings is 1. The topological polar surface area (TPSA) is 30.2 Å². The zero-order chi connectivity index (χ0) is 16.1. The summed E-state index contributed by atoms with van der Waals surface area (Å²) in [7, 11) is 0. The molecule has 1 unspecified atom stereocenters. The van der Waals surface area contributed by atoms with Crippen LogP contribution in [0.15, 0.2) is 58.0 Å². The molecule has 120 valence electrons. The second-order valence-corrected chi connectivity index (χ2v) is 6.26. The number of hydrogen-bond acceptors (Lipinski definition) is 2. The van der Waals surface area contributed by atoms with Crippen LogP contribution in [0.5, 0.6) is 0 Å². The number of hydrogen-bond donors (Lipinski definition) is 0. The van der Waals surface area contributed by atoms with Crippen molar-refractivity contribution in [1.29, 1.82) is 0 Å². The monoisotopic (exact) mass is 308 g/mol. The van der Waals surface area contributed by atoms with Crippen LogP contribution >= 0.6 is 0 Å². The van der Waals surface area contributed by atoms with E-state index in [1.165, 1.54) is 12.0 Å². The molecule has 0 radical (unpaired) electrons. The molecular weight excluding hydrogens is 284 g/mol. The molecule has 0 spiro atoms. The van der Waals surface area contributed by atoms with Gasteiger partial charge in [-0.05, 0) is 43.2 Å². The third-order valence-corrected chi connectivity index (χ3v) is 4.64. The van der Waals surface area contributed by atoms with Crippen LogP contribution < -0.4 is 5.63 Å². The van der Waals surface area contributed by atoms with Crippen LogP contribution in [-0.2, 0) is 6.42 Å². The number of allylic oxidation sites excluding steroid dienone is 2. The summed E-state index contributed by atoms with van der Waals surface area (Å²) in [6, 6.07) is 10.3. The van der Waals surface area contributed by atoms with Gasteiger partial charge >= 0.3 is 5.63 Å². The van der Waals surface area contributed by atoms with E-state index in [1.54, 1.807) is 6.26 Å². The van der Waals surface area contributed by atoms with Crippen molar-refractivity contribution in [3.63, 3.8) is 0 Å². The van der Waals surface area contributed by atoms with Gasteiger partial charge in [0.2, 0.25) is 0 Å². The second kappa shape index (κ2) is 7.45. The van der Waals surface area contributed by atoms with E-state index in [9.17, 15) is 4.79 Å². The maximum Gasteiger partial charge on any atom is 0.339 e. The molecule has 0 aliphatic heterocycles. The molecule has 0 saturated heterocycles. The Kier molecular flexibility index (Phi) is 5.12. The van der Waals surface area contributed by atoms with Crippen LogP contribution in [0.25, 0.3) is 11.1 Å². The quantitative estimate of drug-likeness (QED) is 0.685. The van der Waals surface area contributed by atoms with Gasteiger partial charge in [-0.25, -0.2) is 4.79 Å². The lowest BCUT2D eigenvalue weighted by atomic mass is 9.82. The minimum atomic E-state index is -0.160. The molecule has 2 aromatic rings. The predicted molar refractivity (Wildman–Crippen MR) is 94.8 cm³/mol. The zero-order valence-electron chi connectivity index (χ0n) is 13.8. The molecule has 1 aromatic carbocycles. The van der Waals surface area contributed by atoms with Gasteiger partial charge in [0.25, 0.3) is 0 Å². The van der Waals surface area contributed by atoms with E-state index < -0.39 is 0 Å². The SMILES string of the molecule is CCCCc1c(C2C=CCCC2)c(-c2ccccc2)coc1=O. The van der Waals surface area contributed by atoms with Crippen LogP contribution in [-0.4, -0.2) is 0 Å². The summed E-state index contributed by atoms with van der Waals surface area (Å²) in [5.74, 6) is 0.329. The zero-order valence-corrected chi connectivity index (χ0v) is 13.8. The highest BCUT2D eigenvalue weighted by Crippen LogP contribution is 2.36. The molecule has 2 nitrogen and oxygen atoms in total. The molecule has 1 aliphatic carbocycles. The Bertz CT molecular complexity index is 725. The Hall–Kier alpha value is -2.09. The van der Waals surface area contributed by atoms with E-state index in [1.807, 2.05) is 18.2 Å². The van der Waals surface area contributed by atoms with Gasteiger partial charge in [0.05, 0.1) is 0 Å². The van der Waals surface area contributed by atoms with Gasteiger partial charge in [-0.15, -0.1) is 0 Å². The third-order valence-electron chi connectivity index (χ3n) is 4.64. The van der Waals surface area contributed by atoms with Crippen molar-refractivity contribution in [3.8, 4) is 11.1 Å². The van der Waals surface area contributed by atoms with E-state index >= 15 is 0 Å². The summed E-state index contributed by atoms with van der Waals surface area (Å²) in [6.07, 6.45) is 12.5. The fourth-order valence-corrected chi connectivity index (χ4v) is 3.43. The van der Waals surface area contributed by atoms with E-state index in [2.05, 4.69) is 31.2 Å². The fourth-order valence-electron chi connectivity index (χ4n) is 3.43. The number of rotatable bonds is 5. The van der Waals surface area contributed by atoms with E-state index in [0.717, 1.165) is 48.8 Å². The van der Waals surface area contributed by atoms with Crippen molar-refractivity contribution in [3.05, 3.63) is 70.3 Å².